The molecule has 2 atom stereocenters. The summed E-state index contributed by atoms with van der Waals surface area (Å²) < 4.78 is 23.0. The van der Waals surface area contributed by atoms with Gasteiger partial charge in [0, 0.05) is 0 Å². The van der Waals surface area contributed by atoms with Crippen LogP contribution in [-0.4, -0.2) is 37.2 Å². The van der Waals surface area contributed by atoms with E-state index in [1.807, 2.05) is 60.7 Å². The van der Waals surface area contributed by atoms with E-state index in [4.69, 9.17) is 9.47 Å². The molecule has 0 aliphatic carbocycles. The minimum absolute atomic E-state index is 0.222. The van der Waals surface area contributed by atoms with Crippen molar-refractivity contribution < 1.29 is 23.6 Å². The van der Waals surface area contributed by atoms with E-state index in [-0.39, 0.29) is 13.2 Å². The topological polar surface area (TPSA) is 93.7 Å². The maximum absolute atomic E-state index is 12.8. The van der Waals surface area contributed by atoms with E-state index in [1.165, 1.54) is 0 Å². The van der Waals surface area contributed by atoms with Gasteiger partial charge in [0.15, 0.2) is 0 Å². The predicted molar refractivity (Wildman–Crippen MR) is 116 cm³/mol. The molecule has 7 nitrogen and oxygen atoms in total. The molecule has 0 saturated carbocycles. The van der Waals surface area contributed by atoms with Crippen molar-refractivity contribution in [3.63, 3.8) is 0 Å². The number of nitrogens with one attached hydrogen (secondary N) is 2. The Hall–Kier alpha value is -2.47. The van der Waals surface area contributed by atoms with Gasteiger partial charge in [-0.15, -0.1) is 0 Å². The molecule has 0 bridgehead atoms. The minimum atomic E-state index is -2.70. The summed E-state index contributed by atoms with van der Waals surface area (Å²) in [6.07, 6.45) is 0.640. The fourth-order valence-electron chi connectivity index (χ4n) is 2.93. The van der Waals surface area contributed by atoms with Crippen molar-refractivity contribution in [2.45, 2.75) is 38.8 Å². The van der Waals surface area contributed by atoms with Crippen molar-refractivity contribution >= 4 is 20.0 Å². The standard InChI is InChI=1S/C22H29N2O5P/c1-3-28-21(25)19(15-17-11-7-5-8-12-17)23-30(27)24-20(22(26)29-4-2)16-18-13-9-6-10-14-18/h5-14,19-20,30H,3-4,15-16H2,1-2H3,(H2,23,24,27). The van der Waals surface area contributed by atoms with Crippen molar-refractivity contribution in [3.05, 3.63) is 71.8 Å². The summed E-state index contributed by atoms with van der Waals surface area (Å²) in [5, 5.41) is 5.63. The second-order valence-corrected chi connectivity index (χ2v) is 7.84. The normalized spacial score (nSPS) is 13.8. The highest BCUT2D eigenvalue weighted by atomic mass is 31.1. The van der Waals surface area contributed by atoms with Crippen molar-refractivity contribution in [2.75, 3.05) is 13.2 Å². The Kier molecular flexibility index (Phi) is 10.3. The molecule has 2 aromatic carbocycles. The van der Waals surface area contributed by atoms with Crippen LogP contribution in [0.2, 0.25) is 0 Å². The summed E-state index contributed by atoms with van der Waals surface area (Å²) in [4.78, 5) is 24.7. The van der Waals surface area contributed by atoms with Gasteiger partial charge in [-0.2, -0.15) is 0 Å². The lowest BCUT2D eigenvalue weighted by molar-refractivity contribution is -0.145. The maximum Gasteiger partial charge on any atom is 0.323 e. The third-order valence-electron chi connectivity index (χ3n) is 4.32. The van der Waals surface area contributed by atoms with Crippen LogP contribution in [0.1, 0.15) is 25.0 Å². The molecule has 0 aliphatic rings. The molecular weight excluding hydrogens is 403 g/mol. The van der Waals surface area contributed by atoms with Gasteiger partial charge in [0.1, 0.15) is 12.1 Å². The van der Waals surface area contributed by atoms with E-state index in [1.54, 1.807) is 13.8 Å². The molecule has 0 fully saturated rings. The average Bonchev–Trinajstić information content (AvgIpc) is 2.74. The molecule has 162 valence electrons. The molecule has 2 rings (SSSR count). The lowest BCUT2D eigenvalue weighted by Gasteiger charge is -2.21. The molecule has 0 radical (unpaired) electrons. The molecule has 0 amide bonds. The second-order valence-electron chi connectivity index (χ2n) is 6.61. The predicted octanol–water partition coefficient (Wildman–Crippen LogP) is 2.90. The fourth-order valence-corrected chi connectivity index (χ4v) is 4.09. The van der Waals surface area contributed by atoms with Gasteiger partial charge in [0.2, 0.25) is 8.10 Å². The number of ether oxygens (including phenoxy) is 2. The summed E-state index contributed by atoms with van der Waals surface area (Å²) in [5.41, 5.74) is 1.81. The molecule has 0 aliphatic heterocycles. The van der Waals surface area contributed by atoms with Crippen molar-refractivity contribution in [1.82, 2.24) is 10.2 Å². The van der Waals surface area contributed by atoms with Crippen LogP contribution in [0.5, 0.6) is 0 Å². The van der Waals surface area contributed by atoms with Crippen LogP contribution < -0.4 is 10.2 Å². The van der Waals surface area contributed by atoms with E-state index in [0.29, 0.717) is 12.8 Å². The van der Waals surface area contributed by atoms with E-state index in [0.717, 1.165) is 11.1 Å². The molecule has 2 aromatic rings. The van der Waals surface area contributed by atoms with E-state index in [2.05, 4.69) is 10.2 Å². The fraction of sp³-hybridized carbons (Fsp3) is 0.364. The molecule has 0 heterocycles. The molecule has 0 spiro atoms. The van der Waals surface area contributed by atoms with Crippen LogP contribution in [0.4, 0.5) is 0 Å². The Morgan fingerprint density at radius 1 is 0.767 bits per heavy atom. The Morgan fingerprint density at radius 3 is 1.47 bits per heavy atom. The Bertz CT molecular complexity index is 749. The summed E-state index contributed by atoms with van der Waals surface area (Å²) in [6.45, 7) is 3.88. The second kappa shape index (κ2) is 13.0. The highest BCUT2D eigenvalue weighted by Crippen LogP contribution is 2.17. The van der Waals surface area contributed by atoms with Gasteiger partial charge in [-0.3, -0.25) is 14.2 Å². The number of carbonyl (C=O) groups excluding carboxylic acids is 2. The zero-order chi connectivity index (χ0) is 21.8. The molecule has 0 aromatic heterocycles. The number of carbonyl (C=O) groups is 2. The maximum atomic E-state index is 12.8. The zero-order valence-electron chi connectivity index (χ0n) is 17.3. The molecule has 2 unspecified atom stereocenters. The molecule has 30 heavy (non-hydrogen) atoms. The van der Waals surface area contributed by atoms with E-state index >= 15 is 0 Å². The number of hydrogen-bond acceptors (Lipinski definition) is 5. The van der Waals surface area contributed by atoms with Crippen LogP contribution in [0.3, 0.4) is 0 Å². The summed E-state index contributed by atoms with van der Waals surface area (Å²) in [7, 11) is -2.70. The van der Waals surface area contributed by atoms with Gasteiger partial charge >= 0.3 is 11.9 Å². The van der Waals surface area contributed by atoms with Crippen LogP contribution in [0, 0.1) is 0 Å². The number of rotatable bonds is 12. The monoisotopic (exact) mass is 432 g/mol. The van der Waals surface area contributed by atoms with Crippen LogP contribution in [-0.2, 0) is 36.5 Å². The van der Waals surface area contributed by atoms with Gasteiger partial charge in [0.25, 0.3) is 0 Å². The van der Waals surface area contributed by atoms with Crippen molar-refractivity contribution in [3.8, 4) is 0 Å². The van der Waals surface area contributed by atoms with Crippen molar-refractivity contribution in [2.24, 2.45) is 0 Å². The molecule has 0 saturated heterocycles. The largest absolute Gasteiger partial charge is 0.465 e. The summed E-state index contributed by atoms with van der Waals surface area (Å²) in [6, 6.07) is 17.2. The first-order valence-electron chi connectivity index (χ1n) is 10.0. The summed E-state index contributed by atoms with van der Waals surface area (Å²) in [5.74, 6) is -0.977. The lowest BCUT2D eigenvalue weighted by Crippen LogP contribution is -2.42. The third kappa shape index (κ3) is 8.11. The van der Waals surface area contributed by atoms with Crippen LogP contribution in [0.25, 0.3) is 0 Å². The number of hydrogen-bond donors (Lipinski definition) is 2. The molecule has 2 N–H and O–H groups in total. The van der Waals surface area contributed by atoms with Crippen molar-refractivity contribution in [1.29, 1.82) is 0 Å². The number of benzene rings is 2. The minimum Gasteiger partial charge on any atom is -0.465 e. The van der Waals surface area contributed by atoms with Crippen LogP contribution >= 0.6 is 8.10 Å². The quantitative estimate of drug-likeness (QED) is 0.393. The van der Waals surface area contributed by atoms with Crippen LogP contribution in [0.15, 0.2) is 60.7 Å². The first kappa shape index (κ1) is 23.8. The van der Waals surface area contributed by atoms with Gasteiger partial charge in [-0.25, -0.2) is 10.2 Å². The third-order valence-corrected chi connectivity index (χ3v) is 5.54. The van der Waals surface area contributed by atoms with E-state index in [9.17, 15) is 14.2 Å². The van der Waals surface area contributed by atoms with Gasteiger partial charge < -0.3 is 9.47 Å². The van der Waals surface area contributed by atoms with Gasteiger partial charge in [0.05, 0.1) is 13.2 Å². The average molecular weight is 432 g/mol. The lowest BCUT2D eigenvalue weighted by atomic mass is 10.1. The molecule has 8 heteroatoms. The Morgan fingerprint density at radius 2 is 1.13 bits per heavy atom. The summed E-state index contributed by atoms with van der Waals surface area (Å²) >= 11 is 0. The first-order valence-corrected chi connectivity index (χ1v) is 11.4. The first-order chi connectivity index (χ1) is 14.5. The van der Waals surface area contributed by atoms with Gasteiger partial charge in [-0.05, 0) is 37.8 Å². The highest BCUT2D eigenvalue weighted by molar-refractivity contribution is 7.40. The number of esters is 2. The van der Waals surface area contributed by atoms with E-state index < -0.39 is 32.1 Å². The Labute approximate surface area is 178 Å². The smallest absolute Gasteiger partial charge is 0.323 e. The van der Waals surface area contributed by atoms with Gasteiger partial charge in [-0.1, -0.05) is 60.7 Å². The zero-order valence-corrected chi connectivity index (χ0v) is 18.3. The molecular formula is C22H29N2O5P. The SMILES string of the molecule is CCOC(=O)C(Cc1ccccc1)N[PH](=O)NC(Cc1ccccc1)C(=O)OCC. The highest BCUT2D eigenvalue weighted by Gasteiger charge is 2.26. The Balaban J connectivity index is 2.08.